The quantitative estimate of drug-likeness (QED) is 0.619. The second kappa shape index (κ2) is 9.41. The van der Waals surface area contributed by atoms with E-state index in [-0.39, 0.29) is 28.5 Å². The molecule has 1 atom stereocenters. The Bertz CT molecular complexity index is 1010. The molecule has 0 bridgehead atoms. The van der Waals surface area contributed by atoms with Gasteiger partial charge in [-0.25, -0.2) is 8.42 Å². The summed E-state index contributed by atoms with van der Waals surface area (Å²) in [5.74, 6) is -0.370. The van der Waals surface area contributed by atoms with E-state index in [1.54, 1.807) is 0 Å². The van der Waals surface area contributed by atoms with Crippen LogP contribution in [0.5, 0.6) is 0 Å². The average Bonchev–Trinajstić information content (AvgIpc) is 2.74. The molecule has 6 nitrogen and oxygen atoms in total. The summed E-state index contributed by atoms with van der Waals surface area (Å²) < 4.78 is 28.1. The van der Waals surface area contributed by atoms with Gasteiger partial charge in [0.2, 0.25) is 15.9 Å². The Balaban J connectivity index is 1.58. The lowest BCUT2D eigenvalue weighted by atomic mass is 9.96. The number of benzene rings is 2. The first-order valence-electron chi connectivity index (χ1n) is 9.85. The minimum atomic E-state index is -3.64. The summed E-state index contributed by atoms with van der Waals surface area (Å²) in [4.78, 5) is 24.2. The van der Waals surface area contributed by atoms with Crippen molar-refractivity contribution in [1.29, 1.82) is 0 Å². The molecular formula is C22H25BrN2O4S. The molecule has 1 heterocycles. The monoisotopic (exact) mass is 492 g/mol. The van der Waals surface area contributed by atoms with Crippen molar-refractivity contribution in [2.24, 2.45) is 5.92 Å². The van der Waals surface area contributed by atoms with E-state index in [2.05, 4.69) is 21.2 Å². The van der Waals surface area contributed by atoms with Gasteiger partial charge in [-0.1, -0.05) is 40.2 Å². The van der Waals surface area contributed by atoms with Crippen LogP contribution in [0.2, 0.25) is 0 Å². The minimum Gasteiger partial charge on any atom is -0.349 e. The number of halogens is 1. The Morgan fingerprint density at radius 1 is 1.03 bits per heavy atom. The molecule has 0 radical (unpaired) electrons. The number of sulfonamides is 1. The van der Waals surface area contributed by atoms with E-state index in [9.17, 15) is 18.0 Å². The van der Waals surface area contributed by atoms with Crippen LogP contribution < -0.4 is 5.32 Å². The van der Waals surface area contributed by atoms with Gasteiger partial charge >= 0.3 is 0 Å². The number of piperidine rings is 1. The van der Waals surface area contributed by atoms with E-state index in [0.29, 0.717) is 31.5 Å². The van der Waals surface area contributed by atoms with Gasteiger partial charge in [0, 0.05) is 29.0 Å². The predicted molar refractivity (Wildman–Crippen MR) is 119 cm³/mol. The predicted octanol–water partition coefficient (Wildman–Crippen LogP) is 3.93. The number of rotatable bonds is 6. The van der Waals surface area contributed by atoms with Gasteiger partial charge in [0.1, 0.15) is 0 Å². The Kier molecular flexibility index (Phi) is 7.10. The van der Waals surface area contributed by atoms with Crippen LogP contribution in [0.1, 0.15) is 48.7 Å². The fourth-order valence-corrected chi connectivity index (χ4v) is 5.27. The Morgan fingerprint density at radius 3 is 2.13 bits per heavy atom. The van der Waals surface area contributed by atoms with Crippen molar-refractivity contribution >= 4 is 37.6 Å². The average molecular weight is 493 g/mol. The van der Waals surface area contributed by atoms with Crippen LogP contribution in [0.3, 0.4) is 0 Å². The Hall–Kier alpha value is -2.03. The maximum atomic E-state index is 12.9. The van der Waals surface area contributed by atoms with E-state index in [4.69, 9.17) is 0 Å². The normalized spacial score (nSPS) is 16.8. The zero-order chi connectivity index (χ0) is 21.9. The topological polar surface area (TPSA) is 83.6 Å². The first-order chi connectivity index (χ1) is 14.2. The number of nitrogens with one attached hydrogen (secondary N) is 1. The van der Waals surface area contributed by atoms with Gasteiger partial charge in [-0.05, 0) is 56.5 Å². The minimum absolute atomic E-state index is 0.0479. The molecule has 30 heavy (non-hydrogen) atoms. The van der Waals surface area contributed by atoms with Crippen LogP contribution in [-0.4, -0.2) is 37.5 Å². The number of nitrogens with zero attached hydrogens (tertiary/aromatic N) is 1. The summed E-state index contributed by atoms with van der Waals surface area (Å²) in [7, 11) is -3.64. The van der Waals surface area contributed by atoms with Gasteiger partial charge < -0.3 is 5.32 Å². The molecular weight excluding hydrogens is 468 g/mol. The number of ketones is 1. The molecule has 1 aliphatic heterocycles. The molecule has 1 amide bonds. The lowest BCUT2D eigenvalue weighted by Crippen LogP contribution is -2.43. The number of hydrogen-bond acceptors (Lipinski definition) is 4. The fourth-order valence-electron chi connectivity index (χ4n) is 3.54. The summed E-state index contributed by atoms with van der Waals surface area (Å²) in [6.07, 6.45) is 0.952. The van der Waals surface area contributed by atoms with Crippen molar-refractivity contribution in [3.05, 3.63) is 64.1 Å². The highest BCUT2D eigenvalue weighted by Crippen LogP contribution is 2.25. The van der Waals surface area contributed by atoms with Crippen molar-refractivity contribution in [2.45, 2.75) is 37.6 Å². The maximum absolute atomic E-state index is 12.9. The summed E-state index contributed by atoms with van der Waals surface area (Å²) in [6.45, 7) is 3.96. The first-order valence-corrected chi connectivity index (χ1v) is 12.1. The van der Waals surface area contributed by atoms with Gasteiger partial charge in [-0.15, -0.1) is 0 Å². The second-order valence-corrected chi connectivity index (χ2v) is 10.4. The number of carbonyl (C=O) groups is 2. The van der Waals surface area contributed by atoms with Crippen molar-refractivity contribution in [3.63, 3.8) is 0 Å². The highest BCUT2D eigenvalue weighted by atomic mass is 79.9. The van der Waals surface area contributed by atoms with Crippen molar-refractivity contribution in [2.75, 3.05) is 13.1 Å². The SMILES string of the molecule is CC(=O)c1ccc(S(=O)(=O)N2CCC(C(=O)NC(C)c3ccc(Br)cc3)CC2)cc1. The molecule has 0 saturated carbocycles. The van der Waals surface area contributed by atoms with Crippen LogP contribution in [0.4, 0.5) is 0 Å². The molecule has 0 aromatic heterocycles. The number of Topliss-reactive ketones (excluding diaryl/α,β-unsaturated/α-hetero) is 1. The van der Waals surface area contributed by atoms with Gasteiger partial charge in [0.25, 0.3) is 0 Å². The second-order valence-electron chi connectivity index (χ2n) is 7.54. The van der Waals surface area contributed by atoms with Crippen molar-refractivity contribution in [1.82, 2.24) is 9.62 Å². The molecule has 2 aromatic rings. The van der Waals surface area contributed by atoms with Crippen LogP contribution in [0.25, 0.3) is 0 Å². The third kappa shape index (κ3) is 5.17. The van der Waals surface area contributed by atoms with Crippen molar-refractivity contribution in [3.8, 4) is 0 Å². The molecule has 0 spiro atoms. The molecule has 1 unspecified atom stereocenters. The van der Waals surface area contributed by atoms with E-state index < -0.39 is 10.0 Å². The molecule has 160 valence electrons. The molecule has 1 N–H and O–H groups in total. The first kappa shape index (κ1) is 22.7. The van der Waals surface area contributed by atoms with E-state index >= 15 is 0 Å². The van der Waals surface area contributed by atoms with Crippen molar-refractivity contribution < 1.29 is 18.0 Å². The number of carbonyl (C=O) groups excluding carboxylic acids is 2. The molecule has 1 saturated heterocycles. The zero-order valence-corrected chi connectivity index (χ0v) is 19.4. The Labute approximate surface area is 185 Å². The lowest BCUT2D eigenvalue weighted by Gasteiger charge is -2.31. The van der Waals surface area contributed by atoms with Crippen LogP contribution in [0, 0.1) is 5.92 Å². The van der Waals surface area contributed by atoms with Crippen LogP contribution in [-0.2, 0) is 14.8 Å². The summed E-state index contributed by atoms with van der Waals surface area (Å²) in [5, 5.41) is 3.03. The summed E-state index contributed by atoms with van der Waals surface area (Å²) in [5.41, 5.74) is 1.49. The number of hydrogen-bond donors (Lipinski definition) is 1. The fraction of sp³-hybridized carbons (Fsp3) is 0.364. The highest BCUT2D eigenvalue weighted by Gasteiger charge is 2.32. The van der Waals surface area contributed by atoms with E-state index in [1.165, 1.54) is 35.5 Å². The smallest absolute Gasteiger partial charge is 0.243 e. The molecule has 3 rings (SSSR count). The zero-order valence-electron chi connectivity index (χ0n) is 17.0. The third-order valence-electron chi connectivity index (χ3n) is 5.45. The molecule has 1 aliphatic rings. The standard InChI is InChI=1S/C22H25BrN2O4S/c1-15(17-3-7-20(23)8-4-17)24-22(27)19-11-13-25(14-12-19)30(28,29)21-9-5-18(6-10-21)16(2)26/h3-10,15,19H,11-14H2,1-2H3,(H,24,27). The third-order valence-corrected chi connectivity index (χ3v) is 7.89. The molecule has 8 heteroatoms. The van der Waals surface area contributed by atoms with Gasteiger partial charge in [0.15, 0.2) is 5.78 Å². The van der Waals surface area contributed by atoms with Gasteiger partial charge in [0.05, 0.1) is 10.9 Å². The summed E-state index contributed by atoms with van der Waals surface area (Å²) in [6, 6.07) is 13.7. The molecule has 0 aliphatic carbocycles. The molecule has 1 fully saturated rings. The number of amides is 1. The Morgan fingerprint density at radius 2 is 1.60 bits per heavy atom. The molecule has 2 aromatic carbocycles. The highest BCUT2D eigenvalue weighted by molar-refractivity contribution is 9.10. The van der Waals surface area contributed by atoms with Crippen LogP contribution in [0.15, 0.2) is 57.9 Å². The van der Waals surface area contributed by atoms with Gasteiger partial charge in [-0.2, -0.15) is 4.31 Å². The largest absolute Gasteiger partial charge is 0.349 e. The van der Waals surface area contributed by atoms with Gasteiger partial charge in [-0.3, -0.25) is 9.59 Å². The van der Waals surface area contributed by atoms with E-state index in [0.717, 1.165) is 10.0 Å². The summed E-state index contributed by atoms with van der Waals surface area (Å²) >= 11 is 3.40. The maximum Gasteiger partial charge on any atom is 0.243 e. The van der Waals surface area contributed by atoms with E-state index in [1.807, 2.05) is 31.2 Å². The van der Waals surface area contributed by atoms with Crippen LogP contribution >= 0.6 is 15.9 Å². The lowest BCUT2D eigenvalue weighted by molar-refractivity contribution is -0.126.